The lowest BCUT2D eigenvalue weighted by Crippen LogP contribution is -2.29. The topological polar surface area (TPSA) is 3.24 Å². The van der Waals surface area contributed by atoms with Gasteiger partial charge in [-0.1, -0.05) is 261 Å². The van der Waals surface area contributed by atoms with Crippen LogP contribution in [-0.4, -0.2) is 0 Å². The summed E-state index contributed by atoms with van der Waals surface area (Å²) >= 11 is 0. The Bertz CT molecular complexity index is 3880. The van der Waals surface area contributed by atoms with Crippen LogP contribution in [0.5, 0.6) is 0 Å². The summed E-state index contributed by atoms with van der Waals surface area (Å²) in [7, 11) is 0. The van der Waals surface area contributed by atoms with Crippen molar-refractivity contribution in [2.45, 2.75) is 10.8 Å². The summed E-state index contributed by atoms with van der Waals surface area (Å²) in [5.41, 5.74) is 24.3. The summed E-state index contributed by atoms with van der Waals surface area (Å²) in [6.45, 7) is 0. The van der Waals surface area contributed by atoms with E-state index in [1.54, 1.807) is 0 Å². The van der Waals surface area contributed by atoms with E-state index in [2.05, 4.69) is 314 Å². The van der Waals surface area contributed by atoms with E-state index >= 15 is 0 Å². The Labute approximate surface area is 440 Å². The Morgan fingerprint density at radius 2 is 0.573 bits per heavy atom. The molecule has 14 rings (SSSR count). The van der Waals surface area contributed by atoms with Gasteiger partial charge in [0.05, 0.1) is 16.5 Å². The first-order valence-electron chi connectivity index (χ1n) is 26.1. The van der Waals surface area contributed by atoms with Crippen molar-refractivity contribution in [1.82, 2.24) is 0 Å². The van der Waals surface area contributed by atoms with E-state index in [1.807, 2.05) is 0 Å². The van der Waals surface area contributed by atoms with E-state index in [1.165, 1.54) is 94.6 Å². The van der Waals surface area contributed by atoms with Crippen molar-refractivity contribution in [2.24, 2.45) is 0 Å². The molecule has 2 aliphatic carbocycles. The number of rotatable bonds is 10. The van der Waals surface area contributed by atoms with Gasteiger partial charge in [-0.3, -0.25) is 0 Å². The molecule has 2 aliphatic rings. The van der Waals surface area contributed by atoms with Gasteiger partial charge in [-0.2, -0.15) is 0 Å². The molecule has 0 aliphatic heterocycles. The molecule has 0 unspecified atom stereocenters. The molecule has 0 saturated carbocycles. The standard InChI is InChI=1S/C74H51N/c1-7-24-52(25-8-1)55-48-56(53-26-9-2-10-27-53)50-57(49-55)54-42-44-62(45-43-54)75(63-46-47-65-64-36-19-21-38-67(64)74(70(65)51-63,60-32-15-5-16-33-60)61-34-17-6-18-35-61)71-41-23-40-69-72(71)66-37-20-22-39-68(66)73(69,58-28-11-3-12-29-58)59-30-13-4-14-31-59/h1-51H. The molecule has 0 saturated heterocycles. The molecule has 0 spiro atoms. The maximum absolute atomic E-state index is 2.53. The summed E-state index contributed by atoms with van der Waals surface area (Å²) in [5, 5.41) is 0. The molecule has 12 aromatic rings. The van der Waals surface area contributed by atoms with Crippen molar-refractivity contribution in [3.63, 3.8) is 0 Å². The molecular weight excluding hydrogens is 903 g/mol. The maximum atomic E-state index is 2.53. The fourth-order valence-corrected chi connectivity index (χ4v) is 12.9. The van der Waals surface area contributed by atoms with Crippen molar-refractivity contribution in [3.05, 3.63) is 354 Å². The van der Waals surface area contributed by atoms with E-state index in [0.717, 1.165) is 22.6 Å². The molecule has 0 amide bonds. The molecule has 352 valence electrons. The quantitative estimate of drug-likeness (QED) is 0.132. The van der Waals surface area contributed by atoms with Gasteiger partial charge in [0.25, 0.3) is 0 Å². The number of hydrogen-bond acceptors (Lipinski definition) is 1. The first kappa shape index (κ1) is 44.2. The Balaban J connectivity index is 1.03. The predicted molar refractivity (Wildman–Crippen MR) is 312 cm³/mol. The van der Waals surface area contributed by atoms with Gasteiger partial charge in [-0.15, -0.1) is 0 Å². The Morgan fingerprint density at radius 1 is 0.213 bits per heavy atom. The first-order chi connectivity index (χ1) is 37.2. The predicted octanol–water partition coefficient (Wildman–Crippen LogP) is 18.9. The van der Waals surface area contributed by atoms with Gasteiger partial charge in [0.1, 0.15) is 0 Å². The van der Waals surface area contributed by atoms with Gasteiger partial charge < -0.3 is 4.90 Å². The van der Waals surface area contributed by atoms with Crippen LogP contribution in [-0.2, 0) is 10.8 Å². The summed E-state index contributed by atoms with van der Waals surface area (Å²) in [6, 6.07) is 115. The minimum absolute atomic E-state index is 0.560. The van der Waals surface area contributed by atoms with Gasteiger partial charge in [0.2, 0.25) is 0 Å². The van der Waals surface area contributed by atoms with Crippen LogP contribution in [0.2, 0.25) is 0 Å². The molecule has 0 radical (unpaired) electrons. The lowest BCUT2D eigenvalue weighted by atomic mass is 9.67. The monoisotopic (exact) mass is 953 g/mol. The maximum Gasteiger partial charge on any atom is 0.0714 e. The minimum atomic E-state index is -0.568. The molecule has 0 fully saturated rings. The number of hydrogen-bond donors (Lipinski definition) is 0. The molecule has 75 heavy (non-hydrogen) atoms. The first-order valence-corrected chi connectivity index (χ1v) is 26.1. The van der Waals surface area contributed by atoms with Crippen LogP contribution in [0.1, 0.15) is 44.5 Å². The van der Waals surface area contributed by atoms with E-state index in [0.29, 0.717) is 0 Å². The Hall–Kier alpha value is -9.56. The van der Waals surface area contributed by atoms with Crippen LogP contribution in [0.3, 0.4) is 0 Å². The largest absolute Gasteiger partial charge is 0.310 e. The zero-order valence-electron chi connectivity index (χ0n) is 41.4. The van der Waals surface area contributed by atoms with Gasteiger partial charge in [0.15, 0.2) is 0 Å². The second-order valence-corrected chi connectivity index (χ2v) is 19.9. The lowest BCUT2D eigenvalue weighted by molar-refractivity contribution is 0.768. The molecule has 0 bridgehead atoms. The second kappa shape index (κ2) is 18.2. The average molecular weight is 954 g/mol. The minimum Gasteiger partial charge on any atom is -0.310 e. The molecular formula is C74H51N. The molecule has 0 heterocycles. The zero-order valence-corrected chi connectivity index (χ0v) is 41.4. The number of anilines is 3. The third-order valence-electron chi connectivity index (χ3n) is 16.0. The van der Waals surface area contributed by atoms with Crippen molar-refractivity contribution in [1.29, 1.82) is 0 Å². The van der Waals surface area contributed by atoms with Crippen LogP contribution in [0.25, 0.3) is 55.6 Å². The van der Waals surface area contributed by atoms with E-state index in [4.69, 9.17) is 0 Å². The van der Waals surface area contributed by atoms with Crippen molar-refractivity contribution < 1.29 is 0 Å². The van der Waals surface area contributed by atoms with E-state index < -0.39 is 10.8 Å². The molecule has 0 N–H and O–H groups in total. The highest BCUT2D eigenvalue weighted by atomic mass is 15.1. The van der Waals surface area contributed by atoms with Gasteiger partial charge in [0, 0.05) is 16.9 Å². The van der Waals surface area contributed by atoms with Crippen molar-refractivity contribution in [2.75, 3.05) is 4.90 Å². The average Bonchev–Trinajstić information content (AvgIpc) is 4.08. The highest BCUT2D eigenvalue weighted by Crippen LogP contribution is 2.61. The van der Waals surface area contributed by atoms with Crippen molar-refractivity contribution >= 4 is 17.1 Å². The highest BCUT2D eigenvalue weighted by Gasteiger charge is 2.49. The number of fused-ring (bicyclic) bond motifs is 6. The molecule has 12 aromatic carbocycles. The van der Waals surface area contributed by atoms with Crippen molar-refractivity contribution in [3.8, 4) is 55.6 Å². The van der Waals surface area contributed by atoms with E-state index in [9.17, 15) is 0 Å². The van der Waals surface area contributed by atoms with Gasteiger partial charge in [-0.25, -0.2) is 0 Å². The van der Waals surface area contributed by atoms with Gasteiger partial charge in [-0.05, 0) is 143 Å². The molecule has 1 heteroatoms. The third-order valence-corrected chi connectivity index (χ3v) is 16.0. The van der Waals surface area contributed by atoms with E-state index in [-0.39, 0.29) is 0 Å². The fraction of sp³-hybridized carbons (Fsp3) is 0.0270. The summed E-state index contributed by atoms with van der Waals surface area (Å²) in [6.07, 6.45) is 0. The molecule has 0 aromatic heterocycles. The number of benzene rings is 12. The molecule has 1 nitrogen and oxygen atoms in total. The number of nitrogens with zero attached hydrogens (tertiary/aromatic N) is 1. The van der Waals surface area contributed by atoms with Crippen LogP contribution in [0, 0.1) is 0 Å². The summed E-state index contributed by atoms with van der Waals surface area (Å²) in [5.74, 6) is 0. The fourth-order valence-electron chi connectivity index (χ4n) is 12.9. The van der Waals surface area contributed by atoms with Crippen LogP contribution < -0.4 is 4.90 Å². The normalized spacial score (nSPS) is 13.3. The van der Waals surface area contributed by atoms with Crippen LogP contribution in [0.4, 0.5) is 17.1 Å². The second-order valence-electron chi connectivity index (χ2n) is 19.9. The summed E-state index contributed by atoms with van der Waals surface area (Å²) in [4.78, 5) is 2.53. The zero-order chi connectivity index (χ0) is 49.8. The van der Waals surface area contributed by atoms with Crippen LogP contribution >= 0.6 is 0 Å². The highest BCUT2D eigenvalue weighted by molar-refractivity contribution is 5.99. The summed E-state index contributed by atoms with van der Waals surface area (Å²) < 4.78 is 0. The van der Waals surface area contributed by atoms with Gasteiger partial charge >= 0.3 is 0 Å². The van der Waals surface area contributed by atoms with Crippen LogP contribution in [0.15, 0.2) is 309 Å². The smallest absolute Gasteiger partial charge is 0.0714 e. The SMILES string of the molecule is c1ccc(-c2cc(-c3ccccc3)cc(-c3ccc(N(c4ccc5c(c4)C(c4ccccc4)(c4ccccc4)c4ccccc4-5)c4cccc5c4-c4ccccc4C5(c4ccccc4)c4ccccc4)cc3)c2)cc1. The Morgan fingerprint density at radius 3 is 1.07 bits per heavy atom. The lowest BCUT2D eigenvalue weighted by Gasteiger charge is -2.35. The molecule has 0 atom stereocenters. The Kier molecular flexibility index (Phi) is 10.7. The third kappa shape index (κ3) is 7.00.